The number of ether oxygens (including phenoxy) is 1. The minimum Gasteiger partial charge on any atom is -0.385 e. The maximum absolute atomic E-state index is 12.3. The Morgan fingerprint density at radius 2 is 2.24 bits per heavy atom. The van der Waals surface area contributed by atoms with E-state index in [0.29, 0.717) is 18.9 Å². The first kappa shape index (κ1) is 16.4. The van der Waals surface area contributed by atoms with Gasteiger partial charge in [-0.1, -0.05) is 0 Å². The first-order chi connectivity index (χ1) is 10.1. The van der Waals surface area contributed by atoms with E-state index in [0.717, 1.165) is 45.1 Å². The van der Waals surface area contributed by atoms with Gasteiger partial charge in [0.1, 0.15) is 5.78 Å². The minimum absolute atomic E-state index is 0.0726. The van der Waals surface area contributed by atoms with Crippen molar-refractivity contribution in [3.63, 3.8) is 0 Å². The van der Waals surface area contributed by atoms with Gasteiger partial charge in [0.15, 0.2) is 0 Å². The van der Waals surface area contributed by atoms with Crippen molar-refractivity contribution in [1.82, 2.24) is 10.2 Å². The topological polar surface area (TPSA) is 58.6 Å². The molecule has 0 spiro atoms. The molecule has 120 valence electrons. The van der Waals surface area contributed by atoms with E-state index < -0.39 is 0 Å². The average molecular weight is 296 g/mol. The maximum Gasteiger partial charge on any atom is 0.237 e. The van der Waals surface area contributed by atoms with Crippen LogP contribution in [0, 0.1) is 5.92 Å². The number of carbonyl (C=O) groups is 2. The van der Waals surface area contributed by atoms with Crippen molar-refractivity contribution in [2.24, 2.45) is 5.92 Å². The lowest BCUT2D eigenvalue weighted by molar-refractivity contribution is -0.129. The highest BCUT2D eigenvalue weighted by atomic mass is 16.5. The van der Waals surface area contributed by atoms with Crippen molar-refractivity contribution in [2.45, 2.75) is 57.5 Å². The summed E-state index contributed by atoms with van der Waals surface area (Å²) < 4.78 is 4.98. The van der Waals surface area contributed by atoms with E-state index in [1.165, 1.54) is 0 Å². The van der Waals surface area contributed by atoms with Gasteiger partial charge in [-0.05, 0) is 45.6 Å². The Bertz CT molecular complexity index is 373. The van der Waals surface area contributed by atoms with Crippen LogP contribution in [-0.4, -0.2) is 55.5 Å². The SMILES string of the molecule is COCCCNC(=O)C(C)N1CCCC1C1CCCC1=O. The van der Waals surface area contributed by atoms with E-state index in [4.69, 9.17) is 4.74 Å². The van der Waals surface area contributed by atoms with Crippen molar-refractivity contribution in [3.05, 3.63) is 0 Å². The zero-order valence-corrected chi connectivity index (χ0v) is 13.3. The van der Waals surface area contributed by atoms with Gasteiger partial charge in [-0.15, -0.1) is 0 Å². The molecular formula is C16H28N2O3. The second kappa shape index (κ2) is 7.90. The molecule has 1 saturated heterocycles. The van der Waals surface area contributed by atoms with Gasteiger partial charge in [-0.2, -0.15) is 0 Å². The summed E-state index contributed by atoms with van der Waals surface area (Å²) in [5, 5.41) is 2.97. The normalized spacial score (nSPS) is 28.0. The van der Waals surface area contributed by atoms with E-state index in [1.54, 1.807) is 7.11 Å². The van der Waals surface area contributed by atoms with E-state index in [-0.39, 0.29) is 23.9 Å². The van der Waals surface area contributed by atoms with Gasteiger partial charge in [0.2, 0.25) is 5.91 Å². The molecular weight excluding hydrogens is 268 g/mol. The average Bonchev–Trinajstić information content (AvgIpc) is 3.10. The molecule has 2 rings (SSSR count). The summed E-state index contributed by atoms with van der Waals surface area (Å²) in [6, 6.07) is 0.133. The van der Waals surface area contributed by atoms with E-state index >= 15 is 0 Å². The fourth-order valence-electron chi connectivity index (χ4n) is 3.70. The lowest BCUT2D eigenvalue weighted by Gasteiger charge is -2.32. The molecule has 2 aliphatic rings. The first-order valence-corrected chi connectivity index (χ1v) is 8.20. The highest BCUT2D eigenvalue weighted by molar-refractivity contribution is 5.84. The predicted octanol–water partition coefficient (Wildman–Crippen LogP) is 1.36. The second-order valence-electron chi connectivity index (χ2n) is 6.23. The van der Waals surface area contributed by atoms with Crippen LogP contribution >= 0.6 is 0 Å². The molecule has 3 atom stereocenters. The molecule has 0 radical (unpaired) electrons. The number of carbonyl (C=O) groups excluding carboxylic acids is 2. The number of hydrogen-bond acceptors (Lipinski definition) is 4. The van der Waals surface area contributed by atoms with Gasteiger partial charge >= 0.3 is 0 Å². The van der Waals surface area contributed by atoms with Crippen LogP contribution in [0.15, 0.2) is 0 Å². The highest BCUT2D eigenvalue weighted by Crippen LogP contribution is 2.34. The molecule has 21 heavy (non-hydrogen) atoms. The number of rotatable bonds is 7. The summed E-state index contributed by atoms with van der Waals surface area (Å²) in [5.41, 5.74) is 0. The van der Waals surface area contributed by atoms with Crippen LogP contribution in [0.25, 0.3) is 0 Å². The van der Waals surface area contributed by atoms with Gasteiger partial charge in [-0.3, -0.25) is 14.5 Å². The van der Waals surface area contributed by atoms with Crippen LogP contribution in [0.2, 0.25) is 0 Å². The van der Waals surface area contributed by atoms with Crippen LogP contribution < -0.4 is 5.32 Å². The fourth-order valence-corrected chi connectivity index (χ4v) is 3.70. The van der Waals surface area contributed by atoms with Crippen molar-refractivity contribution in [2.75, 3.05) is 26.8 Å². The van der Waals surface area contributed by atoms with Gasteiger partial charge < -0.3 is 10.1 Å². The third-order valence-electron chi connectivity index (χ3n) is 4.86. The molecule has 1 heterocycles. The summed E-state index contributed by atoms with van der Waals surface area (Å²) in [4.78, 5) is 26.5. The van der Waals surface area contributed by atoms with Gasteiger partial charge in [0, 0.05) is 38.6 Å². The van der Waals surface area contributed by atoms with Crippen molar-refractivity contribution in [3.8, 4) is 0 Å². The molecule has 3 unspecified atom stereocenters. The number of likely N-dealkylation sites (tertiary alicyclic amines) is 1. The number of nitrogens with one attached hydrogen (secondary N) is 1. The quantitative estimate of drug-likeness (QED) is 0.721. The van der Waals surface area contributed by atoms with Crippen molar-refractivity contribution in [1.29, 1.82) is 0 Å². The Hall–Kier alpha value is -0.940. The van der Waals surface area contributed by atoms with Gasteiger partial charge in [-0.25, -0.2) is 0 Å². The zero-order chi connectivity index (χ0) is 15.2. The largest absolute Gasteiger partial charge is 0.385 e. The number of ketones is 1. The first-order valence-electron chi connectivity index (χ1n) is 8.20. The van der Waals surface area contributed by atoms with Crippen LogP contribution in [0.3, 0.4) is 0 Å². The van der Waals surface area contributed by atoms with E-state index in [9.17, 15) is 9.59 Å². The number of hydrogen-bond donors (Lipinski definition) is 1. The Morgan fingerprint density at radius 1 is 1.43 bits per heavy atom. The molecule has 1 aliphatic carbocycles. The molecule has 0 aromatic heterocycles. The number of nitrogens with zero attached hydrogens (tertiary/aromatic N) is 1. The summed E-state index contributed by atoms with van der Waals surface area (Å²) in [6.45, 7) is 4.21. The Labute approximate surface area is 127 Å². The van der Waals surface area contributed by atoms with Gasteiger partial charge in [0.25, 0.3) is 0 Å². The molecule has 1 N–H and O–H groups in total. The molecule has 2 fully saturated rings. The number of amides is 1. The van der Waals surface area contributed by atoms with Crippen LogP contribution in [0.4, 0.5) is 0 Å². The summed E-state index contributed by atoms with van der Waals surface area (Å²) in [7, 11) is 1.66. The number of methoxy groups -OCH3 is 1. The fraction of sp³-hybridized carbons (Fsp3) is 0.875. The molecule has 5 heteroatoms. The molecule has 0 bridgehead atoms. The second-order valence-corrected chi connectivity index (χ2v) is 6.23. The van der Waals surface area contributed by atoms with Crippen LogP contribution in [-0.2, 0) is 14.3 Å². The summed E-state index contributed by atoms with van der Waals surface area (Å²) in [5.74, 6) is 0.638. The predicted molar refractivity (Wildman–Crippen MR) is 81.0 cm³/mol. The van der Waals surface area contributed by atoms with Crippen molar-refractivity contribution >= 4 is 11.7 Å². The molecule has 1 saturated carbocycles. The molecule has 1 aliphatic heterocycles. The zero-order valence-electron chi connectivity index (χ0n) is 13.3. The molecule has 0 aromatic carbocycles. The standard InChI is InChI=1S/C16H28N2O3/c1-12(16(20)17-9-5-11-21-2)18-10-4-7-14(18)13-6-3-8-15(13)19/h12-14H,3-11H2,1-2H3,(H,17,20). The Kier molecular flexibility index (Phi) is 6.18. The lowest BCUT2D eigenvalue weighted by Crippen LogP contribution is -2.50. The summed E-state index contributed by atoms with van der Waals surface area (Å²) in [6.07, 6.45) is 5.73. The van der Waals surface area contributed by atoms with Crippen LogP contribution in [0.5, 0.6) is 0 Å². The van der Waals surface area contributed by atoms with E-state index in [2.05, 4.69) is 10.2 Å². The maximum atomic E-state index is 12.3. The minimum atomic E-state index is -0.145. The highest BCUT2D eigenvalue weighted by Gasteiger charge is 2.40. The monoisotopic (exact) mass is 296 g/mol. The van der Waals surface area contributed by atoms with Gasteiger partial charge in [0.05, 0.1) is 6.04 Å². The summed E-state index contributed by atoms with van der Waals surface area (Å²) >= 11 is 0. The van der Waals surface area contributed by atoms with Crippen LogP contribution in [0.1, 0.15) is 45.4 Å². The van der Waals surface area contributed by atoms with E-state index in [1.807, 2.05) is 6.92 Å². The molecule has 5 nitrogen and oxygen atoms in total. The lowest BCUT2D eigenvalue weighted by atomic mass is 9.94. The number of Topliss-reactive ketones (excluding diaryl/α,β-unsaturated/α-hetero) is 1. The third kappa shape index (κ3) is 4.04. The Morgan fingerprint density at radius 3 is 2.90 bits per heavy atom. The third-order valence-corrected chi connectivity index (χ3v) is 4.86. The Balaban J connectivity index is 1.86. The molecule has 1 amide bonds. The molecule has 0 aromatic rings. The smallest absolute Gasteiger partial charge is 0.237 e. The van der Waals surface area contributed by atoms with Crippen molar-refractivity contribution < 1.29 is 14.3 Å².